The average molecular weight is 423 g/mol. The SMILES string of the molecule is O=C(NCc1nc2ccccc2[nH]1)[C@@H]1CCCN(Cc2nc(-c3cccs3)no2)C1. The topological polar surface area (TPSA) is 99.9 Å². The van der Waals surface area contributed by atoms with Crippen LogP contribution >= 0.6 is 11.3 Å². The first-order valence-electron chi connectivity index (χ1n) is 10.0. The van der Waals surface area contributed by atoms with E-state index in [1.165, 1.54) is 0 Å². The highest BCUT2D eigenvalue weighted by molar-refractivity contribution is 7.13. The number of hydrogen-bond donors (Lipinski definition) is 2. The van der Waals surface area contributed by atoms with Gasteiger partial charge in [0.25, 0.3) is 0 Å². The lowest BCUT2D eigenvalue weighted by molar-refractivity contribution is -0.127. The number of carbonyl (C=O) groups is 1. The van der Waals surface area contributed by atoms with Crippen LogP contribution in [0.15, 0.2) is 46.3 Å². The quantitative estimate of drug-likeness (QED) is 0.495. The van der Waals surface area contributed by atoms with Gasteiger partial charge in [-0.3, -0.25) is 9.69 Å². The number of benzene rings is 1. The van der Waals surface area contributed by atoms with Gasteiger partial charge in [-0.15, -0.1) is 11.3 Å². The molecule has 0 saturated carbocycles. The highest BCUT2D eigenvalue weighted by atomic mass is 32.1. The number of H-pyrrole nitrogens is 1. The predicted molar refractivity (Wildman–Crippen MR) is 114 cm³/mol. The number of carbonyl (C=O) groups excluding carboxylic acids is 1. The van der Waals surface area contributed by atoms with Crippen LogP contribution in [0.2, 0.25) is 0 Å². The minimum atomic E-state index is -0.0529. The Kier molecular flexibility index (Phi) is 5.29. The smallest absolute Gasteiger partial charge is 0.241 e. The lowest BCUT2D eigenvalue weighted by atomic mass is 9.97. The molecule has 1 saturated heterocycles. The molecule has 0 unspecified atom stereocenters. The molecule has 1 amide bonds. The highest BCUT2D eigenvalue weighted by Gasteiger charge is 2.27. The Morgan fingerprint density at radius 2 is 2.20 bits per heavy atom. The van der Waals surface area contributed by atoms with Crippen LogP contribution < -0.4 is 5.32 Å². The summed E-state index contributed by atoms with van der Waals surface area (Å²) in [4.78, 5) is 28.2. The maximum Gasteiger partial charge on any atom is 0.241 e. The van der Waals surface area contributed by atoms with Gasteiger partial charge >= 0.3 is 0 Å². The van der Waals surface area contributed by atoms with E-state index >= 15 is 0 Å². The van der Waals surface area contributed by atoms with Crippen LogP contribution in [0.25, 0.3) is 21.7 Å². The van der Waals surface area contributed by atoms with Crippen molar-refractivity contribution in [2.45, 2.75) is 25.9 Å². The molecule has 1 fully saturated rings. The molecule has 8 nitrogen and oxygen atoms in total. The van der Waals surface area contributed by atoms with Gasteiger partial charge in [0.15, 0.2) is 0 Å². The van der Waals surface area contributed by atoms with E-state index in [1.807, 2.05) is 41.8 Å². The number of imidazole rings is 1. The van der Waals surface area contributed by atoms with Gasteiger partial charge < -0.3 is 14.8 Å². The molecule has 0 radical (unpaired) electrons. The Bertz CT molecular complexity index is 1100. The van der Waals surface area contributed by atoms with Crippen LogP contribution in [-0.2, 0) is 17.9 Å². The first-order valence-corrected chi connectivity index (χ1v) is 10.9. The molecular formula is C21H22N6O2S. The number of nitrogens with zero attached hydrogens (tertiary/aromatic N) is 4. The van der Waals surface area contributed by atoms with Gasteiger partial charge in [0.05, 0.1) is 34.9 Å². The maximum absolute atomic E-state index is 12.7. The van der Waals surface area contributed by atoms with Crippen LogP contribution in [0.5, 0.6) is 0 Å². The number of likely N-dealkylation sites (tertiary alicyclic amines) is 1. The predicted octanol–water partition coefficient (Wildman–Crippen LogP) is 3.20. The second-order valence-corrected chi connectivity index (χ2v) is 8.43. The number of fused-ring (bicyclic) bond motifs is 1. The molecule has 5 rings (SSSR count). The molecule has 1 aliphatic heterocycles. The third-order valence-electron chi connectivity index (χ3n) is 5.31. The largest absolute Gasteiger partial charge is 0.349 e. The van der Waals surface area contributed by atoms with Crippen molar-refractivity contribution in [3.05, 3.63) is 53.5 Å². The van der Waals surface area contributed by atoms with Crippen molar-refractivity contribution < 1.29 is 9.32 Å². The third kappa shape index (κ3) is 4.12. The lowest BCUT2D eigenvalue weighted by Crippen LogP contribution is -2.42. The van der Waals surface area contributed by atoms with Gasteiger partial charge in [-0.25, -0.2) is 4.98 Å². The molecule has 154 valence electrons. The van der Waals surface area contributed by atoms with E-state index < -0.39 is 0 Å². The normalized spacial score (nSPS) is 17.4. The number of rotatable bonds is 6. The Morgan fingerprint density at radius 3 is 3.07 bits per heavy atom. The van der Waals surface area contributed by atoms with Crippen LogP contribution in [-0.4, -0.2) is 44.0 Å². The molecule has 0 spiro atoms. The van der Waals surface area contributed by atoms with Crippen molar-refractivity contribution in [1.29, 1.82) is 0 Å². The summed E-state index contributed by atoms with van der Waals surface area (Å²) >= 11 is 1.59. The fourth-order valence-corrected chi connectivity index (χ4v) is 4.48. The maximum atomic E-state index is 12.7. The van der Waals surface area contributed by atoms with E-state index in [0.717, 1.165) is 41.1 Å². The van der Waals surface area contributed by atoms with Crippen LogP contribution in [0.3, 0.4) is 0 Å². The zero-order valence-corrected chi connectivity index (χ0v) is 17.2. The summed E-state index contributed by atoms with van der Waals surface area (Å²) in [6, 6.07) is 11.8. The first-order chi connectivity index (χ1) is 14.7. The number of amides is 1. The Hall–Kier alpha value is -3.04. The molecule has 4 heterocycles. The fourth-order valence-electron chi connectivity index (χ4n) is 3.83. The van der Waals surface area contributed by atoms with Crippen LogP contribution in [0, 0.1) is 5.92 Å². The second kappa shape index (κ2) is 8.37. The average Bonchev–Trinajstić information content (AvgIpc) is 3.52. The number of aromatic amines is 1. The number of hydrogen-bond acceptors (Lipinski definition) is 7. The van der Waals surface area contributed by atoms with Crippen molar-refractivity contribution in [3.63, 3.8) is 0 Å². The molecule has 0 bridgehead atoms. The van der Waals surface area contributed by atoms with Gasteiger partial charge in [-0.2, -0.15) is 4.98 Å². The van der Waals surface area contributed by atoms with Crippen molar-refractivity contribution >= 4 is 28.3 Å². The number of nitrogens with one attached hydrogen (secondary N) is 2. The number of para-hydroxylation sites is 2. The molecule has 1 atom stereocenters. The number of aromatic nitrogens is 4. The third-order valence-corrected chi connectivity index (χ3v) is 6.18. The van der Waals surface area contributed by atoms with E-state index in [0.29, 0.717) is 31.3 Å². The van der Waals surface area contributed by atoms with E-state index in [4.69, 9.17) is 4.52 Å². The summed E-state index contributed by atoms with van der Waals surface area (Å²) in [5.41, 5.74) is 1.89. The summed E-state index contributed by atoms with van der Waals surface area (Å²) < 4.78 is 5.41. The zero-order chi connectivity index (χ0) is 20.3. The minimum Gasteiger partial charge on any atom is -0.349 e. The van der Waals surface area contributed by atoms with E-state index in [9.17, 15) is 4.79 Å². The molecule has 0 aliphatic carbocycles. The Morgan fingerprint density at radius 1 is 1.27 bits per heavy atom. The van der Waals surface area contributed by atoms with Crippen molar-refractivity contribution in [2.75, 3.05) is 13.1 Å². The van der Waals surface area contributed by atoms with Gasteiger partial charge in [0.1, 0.15) is 5.82 Å². The molecule has 2 N–H and O–H groups in total. The summed E-state index contributed by atoms with van der Waals surface area (Å²) in [7, 11) is 0. The number of piperidine rings is 1. The summed E-state index contributed by atoms with van der Waals surface area (Å²) in [5, 5.41) is 9.09. The van der Waals surface area contributed by atoms with E-state index in [1.54, 1.807) is 11.3 Å². The summed E-state index contributed by atoms with van der Waals surface area (Å²) in [6.45, 7) is 2.57. The zero-order valence-electron chi connectivity index (χ0n) is 16.4. The molecule has 3 aromatic heterocycles. The second-order valence-electron chi connectivity index (χ2n) is 7.48. The summed E-state index contributed by atoms with van der Waals surface area (Å²) in [6.07, 6.45) is 1.85. The Balaban J connectivity index is 1.16. The lowest BCUT2D eigenvalue weighted by Gasteiger charge is -2.30. The first kappa shape index (κ1) is 19.0. The van der Waals surface area contributed by atoms with E-state index in [-0.39, 0.29) is 11.8 Å². The van der Waals surface area contributed by atoms with Gasteiger partial charge in [-0.05, 0) is 43.0 Å². The molecule has 1 aliphatic rings. The van der Waals surface area contributed by atoms with Crippen LogP contribution in [0.4, 0.5) is 0 Å². The highest BCUT2D eigenvalue weighted by Crippen LogP contribution is 2.23. The van der Waals surface area contributed by atoms with Gasteiger partial charge in [0.2, 0.25) is 17.6 Å². The van der Waals surface area contributed by atoms with Crippen molar-refractivity contribution in [1.82, 2.24) is 30.3 Å². The minimum absolute atomic E-state index is 0.0529. The number of thiophene rings is 1. The van der Waals surface area contributed by atoms with Crippen LogP contribution in [0.1, 0.15) is 24.6 Å². The molecule has 30 heavy (non-hydrogen) atoms. The summed E-state index contributed by atoms with van der Waals surface area (Å²) in [5.74, 6) is 1.98. The van der Waals surface area contributed by atoms with E-state index in [2.05, 4.69) is 30.3 Å². The standard InChI is InChI=1S/C21H22N6O2S/c28-21(22-11-18-23-15-6-1-2-7-16(15)24-18)14-5-3-9-27(12-14)13-19-25-20(26-29-19)17-8-4-10-30-17/h1-2,4,6-8,10,14H,3,5,9,11-13H2,(H,22,28)(H,23,24)/t14-/m1/s1. The molecular weight excluding hydrogens is 400 g/mol. The van der Waals surface area contributed by atoms with Crippen molar-refractivity contribution in [3.8, 4) is 10.7 Å². The van der Waals surface area contributed by atoms with Gasteiger partial charge in [0, 0.05) is 6.54 Å². The van der Waals surface area contributed by atoms with Crippen molar-refractivity contribution in [2.24, 2.45) is 5.92 Å². The fraction of sp³-hybridized carbons (Fsp3) is 0.333. The molecule has 4 aromatic rings. The molecule has 1 aromatic carbocycles. The Labute approximate surface area is 177 Å². The molecule has 9 heteroatoms. The van der Waals surface area contributed by atoms with Gasteiger partial charge in [-0.1, -0.05) is 23.4 Å². The monoisotopic (exact) mass is 422 g/mol.